The fraction of sp³-hybridized carbons (Fsp3) is 0.960. The van der Waals surface area contributed by atoms with Gasteiger partial charge in [0.25, 0.3) is 0 Å². The van der Waals surface area contributed by atoms with Crippen LogP contribution in [0, 0.1) is 101 Å². The molecule has 4 nitrogen and oxygen atoms in total. The maximum atomic E-state index is 13.6. The van der Waals surface area contributed by atoms with Crippen LogP contribution in [-0.4, -0.2) is 23.1 Å². The van der Waals surface area contributed by atoms with Gasteiger partial charge in [-0.25, -0.2) is 0 Å². The molecule has 6 bridgehead atoms. The Hall–Kier alpha value is -1.06. The minimum atomic E-state index is -0.0903. The first-order valence-electron chi connectivity index (χ1n) is 24.7. The Morgan fingerprint density at radius 1 is 0.519 bits per heavy atom. The summed E-state index contributed by atoms with van der Waals surface area (Å²) in [6.45, 7) is 11.8. The average Bonchev–Trinajstić information content (AvgIpc) is 4.05. The third-order valence-corrected chi connectivity index (χ3v) is 20.3. The Morgan fingerprint density at radius 2 is 1.04 bits per heavy atom. The Morgan fingerprint density at radius 3 is 1.50 bits per heavy atom. The van der Waals surface area contributed by atoms with E-state index in [1.54, 1.807) is 0 Å². The normalized spacial score (nSPS) is 49.2. The molecule has 0 saturated heterocycles. The van der Waals surface area contributed by atoms with Gasteiger partial charge >= 0.3 is 11.9 Å². The second kappa shape index (κ2) is 15.3. The summed E-state index contributed by atoms with van der Waals surface area (Å²) in [5, 5.41) is 0. The van der Waals surface area contributed by atoms with E-state index in [1.165, 1.54) is 116 Å². The smallest absolute Gasteiger partial charge is 0.309 e. The van der Waals surface area contributed by atoms with Crippen LogP contribution in [-0.2, 0) is 19.1 Å². The highest BCUT2D eigenvalue weighted by Gasteiger charge is 2.64. The van der Waals surface area contributed by atoms with E-state index in [0.717, 1.165) is 104 Å². The molecule has 10 aliphatic carbocycles. The molecule has 0 amide bonds. The molecule has 10 rings (SSSR count). The molecule has 0 heterocycles. The molecule has 304 valence electrons. The molecular weight excluding hydrogens is 665 g/mol. The van der Waals surface area contributed by atoms with Crippen LogP contribution in [0.4, 0.5) is 0 Å². The predicted octanol–water partition coefficient (Wildman–Crippen LogP) is 12.6. The highest BCUT2D eigenvalue weighted by molar-refractivity contribution is 5.75. The topological polar surface area (TPSA) is 52.6 Å². The molecule has 0 radical (unpaired) electrons. The Bertz CT molecular complexity index is 1340. The molecule has 17 atom stereocenters. The van der Waals surface area contributed by atoms with E-state index in [-0.39, 0.29) is 35.0 Å². The van der Waals surface area contributed by atoms with Gasteiger partial charge in [0.15, 0.2) is 0 Å². The van der Waals surface area contributed by atoms with E-state index in [1.807, 2.05) is 0 Å². The third kappa shape index (κ3) is 6.22. The molecule has 54 heavy (non-hydrogen) atoms. The summed E-state index contributed by atoms with van der Waals surface area (Å²) in [7, 11) is 0. The van der Waals surface area contributed by atoms with Crippen molar-refractivity contribution in [2.45, 2.75) is 200 Å². The summed E-state index contributed by atoms with van der Waals surface area (Å²) >= 11 is 0. The number of hydrogen-bond acceptors (Lipinski definition) is 4. The average molecular weight is 745 g/mol. The lowest BCUT2D eigenvalue weighted by molar-refractivity contribution is -0.176. The number of fused-ring (bicyclic) bond motifs is 12. The first-order valence-corrected chi connectivity index (χ1v) is 24.7. The van der Waals surface area contributed by atoms with Crippen molar-refractivity contribution in [3.63, 3.8) is 0 Å². The van der Waals surface area contributed by atoms with Crippen LogP contribution in [0.5, 0.6) is 0 Å². The molecule has 10 saturated carbocycles. The van der Waals surface area contributed by atoms with Crippen LogP contribution in [0.1, 0.15) is 189 Å². The summed E-state index contributed by atoms with van der Waals surface area (Å²) in [4.78, 5) is 26.9. The molecule has 0 spiro atoms. The zero-order valence-corrected chi connectivity index (χ0v) is 35.4. The lowest BCUT2D eigenvalue weighted by Gasteiger charge is -2.41. The van der Waals surface area contributed by atoms with Crippen molar-refractivity contribution in [1.29, 1.82) is 0 Å². The van der Waals surface area contributed by atoms with Gasteiger partial charge in [0.2, 0.25) is 0 Å². The zero-order valence-electron chi connectivity index (χ0n) is 35.4. The van der Waals surface area contributed by atoms with Gasteiger partial charge in [-0.05, 0) is 198 Å². The zero-order chi connectivity index (χ0) is 37.4. The molecule has 17 unspecified atom stereocenters. The van der Waals surface area contributed by atoms with E-state index < -0.39 is 0 Å². The van der Waals surface area contributed by atoms with Crippen LogP contribution in [0.25, 0.3) is 0 Å². The highest BCUT2D eigenvalue weighted by atomic mass is 16.6. The van der Waals surface area contributed by atoms with Gasteiger partial charge in [-0.1, -0.05) is 79.6 Å². The number of esters is 2. The van der Waals surface area contributed by atoms with Crippen LogP contribution in [0.2, 0.25) is 0 Å². The van der Waals surface area contributed by atoms with Gasteiger partial charge in [0.05, 0.1) is 11.8 Å². The summed E-state index contributed by atoms with van der Waals surface area (Å²) in [6, 6.07) is 0. The van der Waals surface area contributed by atoms with Gasteiger partial charge in [0.1, 0.15) is 11.2 Å². The van der Waals surface area contributed by atoms with Crippen molar-refractivity contribution >= 4 is 11.9 Å². The standard InChI is InChI=1S/C26H42O2.C24H38O2/c1-3-17-14-18(4-2)24-21-15-19(23(17)24)16-22(21)25(27)28-26(12-8-9-13-26)20-10-6-5-7-11-20;1-4-15-10-16(5-2)22-19-11-17(21(15)22)12-20(19)23(25)26-24(6-3)13-14-7-8-18(24)9-14/h17-24H,3-16H2,1-2H3;14-22H,4-13H2,1-3H3. The van der Waals surface area contributed by atoms with Gasteiger partial charge in [-0.3, -0.25) is 9.59 Å². The largest absolute Gasteiger partial charge is 0.459 e. The maximum Gasteiger partial charge on any atom is 0.309 e. The van der Waals surface area contributed by atoms with Crippen molar-refractivity contribution < 1.29 is 19.1 Å². The Balaban J connectivity index is 0.000000143. The fourth-order valence-electron chi connectivity index (χ4n) is 18.1. The van der Waals surface area contributed by atoms with E-state index >= 15 is 0 Å². The summed E-state index contributed by atoms with van der Waals surface area (Å²) < 4.78 is 13.1. The van der Waals surface area contributed by atoms with Gasteiger partial charge in [0, 0.05) is 0 Å². The van der Waals surface area contributed by atoms with Crippen molar-refractivity contribution in [1.82, 2.24) is 0 Å². The number of hydrogen-bond donors (Lipinski definition) is 0. The number of rotatable bonds is 10. The van der Waals surface area contributed by atoms with Crippen molar-refractivity contribution in [2.24, 2.45) is 101 Å². The van der Waals surface area contributed by atoms with Gasteiger partial charge in [-0.2, -0.15) is 0 Å². The molecule has 10 aliphatic rings. The van der Waals surface area contributed by atoms with Crippen LogP contribution in [0.3, 0.4) is 0 Å². The van der Waals surface area contributed by atoms with E-state index in [2.05, 4.69) is 34.6 Å². The molecule has 0 aliphatic heterocycles. The van der Waals surface area contributed by atoms with Crippen molar-refractivity contribution in [3.8, 4) is 0 Å². The van der Waals surface area contributed by atoms with E-state index in [0.29, 0.717) is 23.7 Å². The van der Waals surface area contributed by atoms with Crippen LogP contribution in [0.15, 0.2) is 0 Å². The minimum Gasteiger partial charge on any atom is -0.459 e. The summed E-state index contributed by atoms with van der Waals surface area (Å²) in [5.41, 5.74) is -0.169. The molecule has 0 N–H and O–H groups in total. The lowest BCUT2D eigenvalue weighted by Crippen LogP contribution is -2.44. The lowest BCUT2D eigenvalue weighted by atomic mass is 9.70. The van der Waals surface area contributed by atoms with Crippen molar-refractivity contribution in [3.05, 3.63) is 0 Å². The molecule has 10 fully saturated rings. The Kier molecular flexibility index (Phi) is 10.9. The number of carbonyl (C=O) groups is 2. The quantitative estimate of drug-likeness (QED) is 0.209. The molecule has 0 aromatic rings. The summed E-state index contributed by atoms with van der Waals surface area (Å²) in [5.74, 6) is 13.1. The second-order valence-corrected chi connectivity index (χ2v) is 21.9. The molecule has 0 aromatic heterocycles. The van der Waals surface area contributed by atoms with Gasteiger partial charge in [-0.15, -0.1) is 0 Å². The van der Waals surface area contributed by atoms with Crippen LogP contribution >= 0.6 is 0 Å². The first-order chi connectivity index (χ1) is 26.3. The SMILES string of the molecule is CCC1CC(CC)C2C3CC(CC3C(=O)OC3(C4CCCCC4)CCCC3)C12.CCC1CC(CC)C2C3CC(CC3C(=O)OC3(CC)CC4CCC3C4)C12. The predicted molar refractivity (Wildman–Crippen MR) is 216 cm³/mol. The second-order valence-electron chi connectivity index (χ2n) is 21.9. The minimum absolute atomic E-state index is 0.0788. The van der Waals surface area contributed by atoms with E-state index in [4.69, 9.17) is 9.47 Å². The molecule has 0 aromatic carbocycles. The monoisotopic (exact) mass is 745 g/mol. The van der Waals surface area contributed by atoms with Gasteiger partial charge < -0.3 is 9.47 Å². The highest BCUT2D eigenvalue weighted by Crippen LogP contribution is 2.67. The third-order valence-electron chi connectivity index (χ3n) is 20.3. The van der Waals surface area contributed by atoms with E-state index in [9.17, 15) is 9.59 Å². The number of carbonyl (C=O) groups excluding carboxylic acids is 2. The molecule has 4 heteroatoms. The molecular formula is C50H80O4. The maximum absolute atomic E-state index is 13.6. The first kappa shape index (κ1) is 38.5. The van der Waals surface area contributed by atoms with Crippen LogP contribution < -0.4 is 0 Å². The van der Waals surface area contributed by atoms with Crippen molar-refractivity contribution in [2.75, 3.05) is 0 Å². The number of ether oxygens (including phenoxy) is 2. The fourth-order valence-corrected chi connectivity index (χ4v) is 18.1. The summed E-state index contributed by atoms with van der Waals surface area (Å²) in [6.07, 6.45) is 30.8. The Labute approximate surface area is 330 Å².